The molecule has 2 aromatic rings. The predicted molar refractivity (Wildman–Crippen MR) is 60.3 cm³/mol. The van der Waals surface area contributed by atoms with Crippen molar-refractivity contribution >= 4 is 5.82 Å². The zero-order valence-electron chi connectivity index (χ0n) is 9.12. The van der Waals surface area contributed by atoms with E-state index >= 15 is 0 Å². The van der Waals surface area contributed by atoms with Crippen molar-refractivity contribution in [1.82, 2.24) is 4.57 Å². The minimum atomic E-state index is -4.33. The molecule has 2 N–H and O–H groups in total. The molecule has 2 nitrogen and oxygen atoms in total. The summed E-state index contributed by atoms with van der Waals surface area (Å²) >= 11 is 0. The molecule has 17 heavy (non-hydrogen) atoms. The summed E-state index contributed by atoms with van der Waals surface area (Å²) in [6.07, 6.45) is -2.62. The van der Waals surface area contributed by atoms with Crippen molar-refractivity contribution in [2.24, 2.45) is 7.05 Å². The van der Waals surface area contributed by atoms with Crippen LogP contribution in [-0.4, -0.2) is 4.57 Å². The van der Waals surface area contributed by atoms with Gasteiger partial charge in [-0.05, 0) is 23.8 Å². The quantitative estimate of drug-likeness (QED) is 0.814. The van der Waals surface area contributed by atoms with E-state index in [1.807, 2.05) is 0 Å². The van der Waals surface area contributed by atoms with E-state index in [1.165, 1.54) is 6.07 Å². The second-order valence-electron chi connectivity index (χ2n) is 3.80. The number of aryl methyl sites for hydroxylation is 1. The number of aromatic nitrogens is 1. The van der Waals surface area contributed by atoms with Crippen LogP contribution >= 0.6 is 0 Å². The summed E-state index contributed by atoms with van der Waals surface area (Å²) in [6, 6.07) is 6.84. The van der Waals surface area contributed by atoms with E-state index in [-0.39, 0.29) is 0 Å². The van der Waals surface area contributed by atoms with Crippen LogP contribution in [0.25, 0.3) is 11.1 Å². The largest absolute Gasteiger partial charge is 0.416 e. The minimum absolute atomic E-state index is 0.448. The van der Waals surface area contributed by atoms with E-state index in [0.717, 1.165) is 12.1 Å². The lowest BCUT2D eigenvalue weighted by atomic mass is 10.0. The summed E-state index contributed by atoms with van der Waals surface area (Å²) in [7, 11) is 1.74. The number of nitrogen functional groups attached to an aromatic ring is 1. The predicted octanol–water partition coefficient (Wildman–Crippen LogP) is 3.29. The number of hydrogen-bond donors (Lipinski definition) is 1. The highest BCUT2D eigenvalue weighted by Crippen LogP contribution is 2.33. The topological polar surface area (TPSA) is 30.9 Å². The molecule has 0 amide bonds. The van der Waals surface area contributed by atoms with Crippen LogP contribution in [0.1, 0.15) is 5.56 Å². The third-order valence-corrected chi connectivity index (χ3v) is 2.62. The molecule has 90 valence electrons. The summed E-state index contributed by atoms with van der Waals surface area (Å²) in [5, 5.41) is 0. The number of alkyl halides is 3. The summed E-state index contributed by atoms with van der Waals surface area (Å²) in [6.45, 7) is 0. The van der Waals surface area contributed by atoms with Crippen LogP contribution in [-0.2, 0) is 13.2 Å². The van der Waals surface area contributed by atoms with Crippen LogP contribution in [0, 0.1) is 0 Å². The molecule has 0 spiro atoms. The first-order valence-electron chi connectivity index (χ1n) is 4.98. The number of nitrogens with zero attached hydrogens (tertiary/aromatic N) is 1. The van der Waals surface area contributed by atoms with Crippen molar-refractivity contribution in [2.45, 2.75) is 6.18 Å². The standard InChI is InChI=1S/C12H11F3N2/c1-17-6-5-10(11(17)16)8-3-2-4-9(7-8)12(13,14)15/h2-7H,16H2,1H3. The molecule has 1 heterocycles. The van der Waals surface area contributed by atoms with Gasteiger partial charge in [-0.2, -0.15) is 13.2 Å². The zero-order valence-corrected chi connectivity index (χ0v) is 9.12. The summed E-state index contributed by atoms with van der Waals surface area (Å²) in [4.78, 5) is 0. The fourth-order valence-electron chi connectivity index (χ4n) is 1.65. The molecule has 0 atom stereocenters. The Balaban J connectivity index is 2.51. The van der Waals surface area contributed by atoms with E-state index in [2.05, 4.69) is 0 Å². The first-order chi connectivity index (χ1) is 7.89. The molecule has 0 bridgehead atoms. The van der Waals surface area contributed by atoms with Crippen LogP contribution in [0.2, 0.25) is 0 Å². The Morgan fingerprint density at radius 3 is 2.41 bits per heavy atom. The van der Waals surface area contributed by atoms with Gasteiger partial charge in [0.05, 0.1) is 5.56 Å². The normalized spacial score (nSPS) is 11.8. The SMILES string of the molecule is Cn1ccc(-c2cccc(C(F)(F)F)c2)c1N. The smallest absolute Gasteiger partial charge is 0.385 e. The van der Waals surface area contributed by atoms with Gasteiger partial charge in [0, 0.05) is 18.8 Å². The maximum Gasteiger partial charge on any atom is 0.416 e. The van der Waals surface area contributed by atoms with Crippen molar-refractivity contribution in [3.05, 3.63) is 42.1 Å². The van der Waals surface area contributed by atoms with E-state index in [9.17, 15) is 13.2 Å². The fourth-order valence-corrected chi connectivity index (χ4v) is 1.65. The molecule has 0 unspecified atom stereocenters. The first-order valence-corrected chi connectivity index (χ1v) is 4.98. The lowest BCUT2D eigenvalue weighted by Crippen LogP contribution is -2.04. The van der Waals surface area contributed by atoms with E-state index in [4.69, 9.17) is 5.73 Å². The lowest BCUT2D eigenvalue weighted by Gasteiger charge is -2.08. The maximum absolute atomic E-state index is 12.6. The molecule has 1 aromatic carbocycles. The molecule has 0 aliphatic carbocycles. The number of hydrogen-bond acceptors (Lipinski definition) is 1. The zero-order chi connectivity index (χ0) is 12.6. The van der Waals surface area contributed by atoms with Crippen LogP contribution in [0.5, 0.6) is 0 Å². The van der Waals surface area contributed by atoms with Crippen molar-refractivity contribution < 1.29 is 13.2 Å². The molecule has 2 rings (SSSR count). The van der Waals surface area contributed by atoms with Crippen molar-refractivity contribution in [2.75, 3.05) is 5.73 Å². The first kappa shape index (κ1) is 11.6. The Hall–Kier alpha value is -1.91. The number of anilines is 1. The molecule has 0 saturated carbocycles. The Morgan fingerprint density at radius 2 is 1.88 bits per heavy atom. The minimum Gasteiger partial charge on any atom is -0.385 e. The summed E-state index contributed by atoms with van der Waals surface area (Å²) in [5.74, 6) is 0.448. The molecular formula is C12H11F3N2. The molecule has 5 heteroatoms. The van der Waals surface area contributed by atoms with Gasteiger partial charge in [0.1, 0.15) is 5.82 Å². The van der Waals surface area contributed by atoms with E-state index in [1.54, 1.807) is 29.9 Å². The van der Waals surface area contributed by atoms with Gasteiger partial charge in [-0.1, -0.05) is 12.1 Å². The molecule has 0 fully saturated rings. The number of nitrogens with two attached hydrogens (primary N) is 1. The van der Waals surface area contributed by atoms with E-state index in [0.29, 0.717) is 16.9 Å². The molecule has 0 aliphatic heterocycles. The highest BCUT2D eigenvalue weighted by atomic mass is 19.4. The average molecular weight is 240 g/mol. The van der Waals surface area contributed by atoms with Crippen molar-refractivity contribution in [3.63, 3.8) is 0 Å². The second-order valence-corrected chi connectivity index (χ2v) is 3.80. The fraction of sp³-hybridized carbons (Fsp3) is 0.167. The Kier molecular flexibility index (Phi) is 2.61. The van der Waals surface area contributed by atoms with Gasteiger partial charge in [-0.3, -0.25) is 0 Å². The van der Waals surface area contributed by atoms with Gasteiger partial charge in [-0.15, -0.1) is 0 Å². The summed E-state index contributed by atoms with van der Waals surface area (Å²) in [5.41, 5.74) is 6.19. The number of halogens is 3. The highest BCUT2D eigenvalue weighted by Gasteiger charge is 2.30. The molecule has 0 aliphatic rings. The van der Waals surface area contributed by atoms with E-state index < -0.39 is 11.7 Å². The van der Waals surface area contributed by atoms with Gasteiger partial charge in [0.15, 0.2) is 0 Å². The average Bonchev–Trinajstić information content (AvgIpc) is 2.59. The third-order valence-electron chi connectivity index (χ3n) is 2.62. The monoisotopic (exact) mass is 240 g/mol. The highest BCUT2D eigenvalue weighted by molar-refractivity contribution is 5.75. The maximum atomic E-state index is 12.6. The molecular weight excluding hydrogens is 229 g/mol. The van der Waals surface area contributed by atoms with Gasteiger partial charge in [-0.25, -0.2) is 0 Å². The Morgan fingerprint density at radius 1 is 1.18 bits per heavy atom. The summed E-state index contributed by atoms with van der Waals surface area (Å²) < 4.78 is 39.3. The van der Waals surface area contributed by atoms with Gasteiger partial charge in [0.25, 0.3) is 0 Å². The van der Waals surface area contributed by atoms with Gasteiger partial charge >= 0.3 is 6.18 Å². The lowest BCUT2D eigenvalue weighted by molar-refractivity contribution is -0.137. The van der Waals surface area contributed by atoms with Crippen LogP contribution < -0.4 is 5.73 Å². The Labute approximate surface area is 96.5 Å². The molecule has 1 aromatic heterocycles. The van der Waals surface area contributed by atoms with Gasteiger partial charge < -0.3 is 10.3 Å². The second kappa shape index (κ2) is 3.84. The molecule has 0 radical (unpaired) electrons. The van der Waals surface area contributed by atoms with Crippen molar-refractivity contribution in [1.29, 1.82) is 0 Å². The number of benzene rings is 1. The van der Waals surface area contributed by atoms with Crippen molar-refractivity contribution in [3.8, 4) is 11.1 Å². The number of rotatable bonds is 1. The van der Waals surface area contributed by atoms with Crippen LogP contribution in [0.3, 0.4) is 0 Å². The van der Waals surface area contributed by atoms with Crippen LogP contribution in [0.15, 0.2) is 36.5 Å². The van der Waals surface area contributed by atoms with Crippen LogP contribution in [0.4, 0.5) is 19.0 Å². The molecule has 0 saturated heterocycles. The Bertz CT molecular complexity index is 541. The van der Waals surface area contributed by atoms with Gasteiger partial charge in [0.2, 0.25) is 0 Å². The third kappa shape index (κ3) is 2.13.